The minimum atomic E-state index is -1.02. The van der Waals surface area contributed by atoms with Crippen molar-refractivity contribution in [3.63, 3.8) is 0 Å². The number of esters is 1. The molecule has 2 aromatic rings. The van der Waals surface area contributed by atoms with Gasteiger partial charge in [-0.25, -0.2) is 4.79 Å². The number of anilines is 1. The average molecular weight is 415 g/mol. The third-order valence-electron chi connectivity index (χ3n) is 4.75. The SMILES string of the molecule is COc1ccc(C(=O)O[C@H](C)C(=O)Nc2c(C)cccc2C(C)C)c(OC)c1OC. The molecular weight excluding hydrogens is 386 g/mol. The van der Waals surface area contributed by atoms with E-state index in [1.54, 1.807) is 6.07 Å². The van der Waals surface area contributed by atoms with Crippen LogP contribution in [0.4, 0.5) is 5.69 Å². The molecule has 0 unspecified atom stereocenters. The quantitative estimate of drug-likeness (QED) is 0.646. The zero-order chi connectivity index (χ0) is 22.4. The highest BCUT2D eigenvalue weighted by atomic mass is 16.6. The van der Waals surface area contributed by atoms with Crippen molar-refractivity contribution in [2.45, 2.75) is 39.7 Å². The molecule has 162 valence electrons. The summed E-state index contributed by atoms with van der Waals surface area (Å²) in [6.45, 7) is 7.55. The number of hydrogen-bond donors (Lipinski definition) is 1. The molecule has 0 bridgehead atoms. The van der Waals surface area contributed by atoms with Crippen LogP contribution >= 0.6 is 0 Å². The topological polar surface area (TPSA) is 83.1 Å². The monoisotopic (exact) mass is 415 g/mol. The van der Waals surface area contributed by atoms with Crippen LogP contribution in [0.25, 0.3) is 0 Å². The van der Waals surface area contributed by atoms with E-state index in [1.807, 2.05) is 25.1 Å². The molecule has 0 heterocycles. The number of carbonyl (C=O) groups is 2. The van der Waals surface area contributed by atoms with E-state index in [0.717, 1.165) is 16.8 Å². The van der Waals surface area contributed by atoms with E-state index in [9.17, 15) is 9.59 Å². The Morgan fingerprint density at radius 1 is 0.900 bits per heavy atom. The molecule has 1 atom stereocenters. The Kier molecular flexibility index (Phi) is 7.69. The maximum atomic E-state index is 12.7. The van der Waals surface area contributed by atoms with Gasteiger partial charge >= 0.3 is 5.97 Å². The van der Waals surface area contributed by atoms with E-state index < -0.39 is 18.0 Å². The van der Waals surface area contributed by atoms with Crippen molar-refractivity contribution in [3.05, 3.63) is 47.0 Å². The minimum Gasteiger partial charge on any atom is -0.493 e. The minimum absolute atomic E-state index is 0.133. The van der Waals surface area contributed by atoms with Gasteiger partial charge in [-0.2, -0.15) is 0 Å². The van der Waals surface area contributed by atoms with E-state index in [2.05, 4.69) is 19.2 Å². The standard InChI is InChI=1S/C23H29NO6/c1-13(2)16-10-8-9-14(3)19(16)24-22(25)15(4)30-23(26)17-11-12-18(27-5)21(29-7)20(17)28-6/h8-13,15H,1-7H3,(H,24,25)/t15-/m1/s1. The molecule has 0 radical (unpaired) electrons. The molecule has 0 spiro atoms. The van der Waals surface area contributed by atoms with Crippen LogP contribution in [0.5, 0.6) is 17.2 Å². The van der Waals surface area contributed by atoms with Crippen LogP contribution in [0.1, 0.15) is 48.2 Å². The number of rotatable bonds is 8. The number of amides is 1. The molecule has 0 aliphatic heterocycles. The summed E-state index contributed by atoms with van der Waals surface area (Å²) in [5.74, 6) is -0.0293. The number of carbonyl (C=O) groups excluding carboxylic acids is 2. The van der Waals surface area contributed by atoms with Gasteiger partial charge in [-0.05, 0) is 43.0 Å². The lowest BCUT2D eigenvalue weighted by atomic mass is 9.98. The summed E-state index contributed by atoms with van der Waals surface area (Å²) in [4.78, 5) is 25.4. The average Bonchev–Trinajstić information content (AvgIpc) is 2.73. The molecule has 1 amide bonds. The summed E-state index contributed by atoms with van der Waals surface area (Å²) in [7, 11) is 4.34. The van der Waals surface area contributed by atoms with Gasteiger partial charge in [0, 0.05) is 5.69 Å². The molecule has 0 saturated carbocycles. The summed E-state index contributed by atoms with van der Waals surface area (Å²) in [6, 6.07) is 8.93. The van der Waals surface area contributed by atoms with Crippen LogP contribution < -0.4 is 19.5 Å². The summed E-state index contributed by atoms with van der Waals surface area (Å²) in [6.07, 6.45) is -1.02. The van der Waals surface area contributed by atoms with Crippen LogP contribution in [-0.2, 0) is 9.53 Å². The molecule has 7 heteroatoms. The fraction of sp³-hybridized carbons (Fsp3) is 0.391. The van der Waals surface area contributed by atoms with Crippen LogP contribution in [0.15, 0.2) is 30.3 Å². The van der Waals surface area contributed by atoms with Crippen LogP contribution in [0.2, 0.25) is 0 Å². The predicted molar refractivity (Wildman–Crippen MR) is 115 cm³/mol. The largest absolute Gasteiger partial charge is 0.493 e. The first-order valence-electron chi connectivity index (χ1n) is 9.65. The summed E-state index contributed by atoms with van der Waals surface area (Å²) >= 11 is 0. The Hall–Kier alpha value is -3.22. The molecule has 30 heavy (non-hydrogen) atoms. The Morgan fingerprint density at radius 3 is 2.13 bits per heavy atom. The van der Waals surface area contributed by atoms with Crippen molar-refractivity contribution in [3.8, 4) is 17.2 Å². The van der Waals surface area contributed by atoms with E-state index in [4.69, 9.17) is 18.9 Å². The molecule has 2 rings (SSSR count). The summed E-state index contributed by atoms with van der Waals surface area (Å²) in [5, 5.41) is 2.89. The third kappa shape index (κ3) is 4.84. The molecule has 0 aromatic heterocycles. The predicted octanol–water partition coefficient (Wildman–Crippen LogP) is 4.33. The van der Waals surface area contributed by atoms with Gasteiger partial charge in [-0.1, -0.05) is 32.0 Å². The molecule has 1 N–H and O–H groups in total. The smallest absolute Gasteiger partial charge is 0.342 e. The number of methoxy groups -OCH3 is 3. The van der Waals surface area contributed by atoms with Crippen LogP contribution in [-0.4, -0.2) is 39.3 Å². The second kappa shape index (κ2) is 10.0. The number of hydrogen-bond acceptors (Lipinski definition) is 6. The zero-order valence-corrected chi connectivity index (χ0v) is 18.5. The molecule has 0 aliphatic carbocycles. The third-order valence-corrected chi connectivity index (χ3v) is 4.75. The highest BCUT2D eigenvalue weighted by molar-refractivity contribution is 5.99. The van der Waals surface area contributed by atoms with Crippen molar-refractivity contribution in [1.29, 1.82) is 0 Å². The maximum absolute atomic E-state index is 12.7. The van der Waals surface area contributed by atoms with Crippen molar-refractivity contribution < 1.29 is 28.5 Å². The fourth-order valence-corrected chi connectivity index (χ4v) is 3.11. The maximum Gasteiger partial charge on any atom is 0.342 e. The second-order valence-corrected chi connectivity index (χ2v) is 7.11. The Morgan fingerprint density at radius 2 is 1.57 bits per heavy atom. The van der Waals surface area contributed by atoms with E-state index >= 15 is 0 Å². The number of aryl methyl sites for hydroxylation is 1. The van der Waals surface area contributed by atoms with Gasteiger partial charge in [0.25, 0.3) is 5.91 Å². The first kappa shape index (κ1) is 23.1. The Bertz CT molecular complexity index is 922. The molecule has 0 aliphatic rings. The van der Waals surface area contributed by atoms with Gasteiger partial charge in [-0.3, -0.25) is 4.79 Å². The highest BCUT2D eigenvalue weighted by Gasteiger charge is 2.26. The Balaban J connectivity index is 2.22. The van der Waals surface area contributed by atoms with Crippen LogP contribution in [0, 0.1) is 6.92 Å². The molecular formula is C23H29NO6. The summed E-state index contributed by atoms with van der Waals surface area (Å²) in [5.41, 5.74) is 2.83. The van der Waals surface area contributed by atoms with Crippen molar-refractivity contribution >= 4 is 17.6 Å². The van der Waals surface area contributed by atoms with Crippen LogP contribution in [0.3, 0.4) is 0 Å². The normalized spacial score (nSPS) is 11.6. The van der Waals surface area contributed by atoms with Crippen molar-refractivity contribution in [1.82, 2.24) is 0 Å². The van der Waals surface area contributed by atoms with E-state index in [-0.39, 0.29) is 23.0 Å². The summed E-state index contributed by atoms with van der Waals surface area (Å²) < 4.78 is 21.2. The van der Waals surface area contributed by atoms with Gasteiger partial charge in [0.1, 0.15) is 5.56 Å². The number of nitrogens with one attached hydrogen (secondary N) is 1. The first-order valence-corrected chi connectivity index (χ1v) is 9.65. The number of para-hydroxylation sites is 1. The Labute approximate surface area is 177 Å². The molecule has 0 saturated heterocycles. The van der Waals surface area contributed by atoms with Gasteiger partial charge in [0.05, 0.1) is 21.3 Å². The van der Waals surface area contributed by atoms with E-state index in [0.29, 0.717) is 5.75 Å². The highest BCUT2D eigenvalue weighted by Crippen LogP contribution is 2.40. The second-order valence-electron chi connectivity index (χ2n) is 7.11. The lowest BCUT2D eigenvalue weighted by Crippen LogP contribution is -2.30. The molecule has 2 aromatic carbocycles. The van der Waals surface area contributed by atoms with Gasteiger partial charge in [0.15, 0.2) is 17.6 Å². The van der Waals surface area contributed by atoms with Gasteiger partial charge in [-0.15, -0.1) is 0 Å². The first-order chi connectivity index (χ1) is 14.2. The van der Waals surface area contributed by atoms with Gasteiger partial charge < -0.3 is 24.3 Å². The number of benzene rings is 2. The van der Waals surface area contributed by atoms with E-state index in [1.165, 1.54) is 34.3 Å². The lowest BCUT2D eigenvalue weighted by molar-refractivity contribution is -0.123. The van der Waals surface area contributed by atoms with Gasteiger partial charge in [0.2, 0.25) is 5.75 Å². The molecule has 7 nitrogen and oxygen atoms in total. The van der Waals surface area contributed by atoms with Crippen molar-refractivity contribution in [2.75, 3.05) is 26.6 Å². The lowest BCUT2D eigenvalue weighted by Gasteiger charge is -2.20. The fourth-order valence-electron chi connectivity index (χ4n) is 3.11. The zero-order valence-electron chi connectivity index (χ0n) is 18.5. The van der Waals surface area contributed by atoms with Crippen molar-refractivity contribution in [2.24, 2.45) is 0 Å². The molecule has 0 fully saturated rings. The number of ether oxygens (including phenoxy) is 4.